The largest absolute Gasteiger partial charge is 0.486 e. The molecule has 1 aromatic carbocycles. The molecule has 1 unspecified atom stereocenters. The molecule has 0 aromatic heterocycles. The molecule has 0 aliphatic carbocycles. The van der Waals surface area contributed by atoms with Crippen molar-refractivity contribution in [1.29, 1.82) is 0 Å². The second kappa shape index (κ2) is 4.83. The number of hydrogen-bond acceptors (Lipinski definition) is 4. The van der Waals surface area contributed by atoms with E-state index < -0.39 is 0 Å². The summed E-state index contributed by atoms with van der Waals surface area (Å²) in [7, 11) is 0. The molecule has 0 spiro atoms. The molecule has 4 heteroatoms. The molecule has 1 atom stereocenters. The molecule has 19 heavy (non-hydrogen) atoms. The summed E-state index contributed by atoms with van der Waals surface area (Å²) in [4.78, 5) is 2.47. The van der Waals surface area contributed by atoms with Crippen LogP contribution in [-0.4, -0.2) is 32.3 Å². The second-order valence-electron chi connectivity index (χ2n) is 5.79. The van der Waals surface area contributed by atoms with Gasteiger partial charge in [-0.05, 0) is 12.8 Å². The third-order valence-corrected chi connectivity index (χ3v) is 3.65. The van der Waals surface area contributed by atoms with E-state index in [1.807, 2.05) is 0 Å². The van der Waals surface area contributed by atoms with Crippen molar-refractivity contribution < 1.29 is 9.47 Å². The van der Waals surface area contributed by atoms with Gasteiger partial charge in [-0.25, -0.2) is 0 Å². The van der Waals surface area contributed by atoms with Crippen molar-refractivity contribution in [3.63, 3.8) is 0 Å². The van der Waals surface area contributed by atoms with Gasteiger partial charge in [-0.2, -0.15) is 0 Å². The van der Waals surface area contributed by atoms with Crippen LogP contribution < -0.4 is 19.7 Å². The fourth-order valence-electron chi connectivity index (χ4n) is 2.73. The first kappa shape index (κ1) is 12.5. The van der Waals surface area contributed by atoms with Crippen LogP contribution in [0.25, 0.3) is 0 Å². The van der Waals surface area contributed by atoms with Gasteiger partial charge >= 0.3 is 0 Å². The third-order valence-electron chi connectivity index (χ3n) is 3.65. The van der Waals surface area contributed by atoms with Gasteiger partial charge in [0.15, 0.2) is 11.5 Å². The molecule has 0 bridgehead atoms. The molecule has 3 rings (SSSR count). The van der Waals surface area contributed by atoms with Gasteiger partial charge in [-0.3, -0.25) is 0 Å². The highest BCUT2D eigenvalue weighted by Crippen LogP contribution is 2.42. The fraction of sp³-hybridized carbons (Fsp3) is 0.600. The predicted octanol–water partition coefficient (Wildman–Crippen LogP) is 2.73. The Labute approximate surface area is 114 Å². The van der Waals surface area contributed by atoms with Crippen LogP contribution in [0.2, 0.25) is 0 Å². The van der Waals surface area contributed by atoms with E-state index >= 15 is 0 Å². The minimum atomic E-state index is 0.498. The van der Waals surface area contributed by atoms with E-state index in [0.29, 0.717) is 25.2 Å². The Morgan fingerprint density at radius 2 is 1.95 bits per heavy atom. The van der Waals surface area contributed by atoms with E-state index in [1.165, 1.54) is 5.69 Å². The number of hydrogen-bond donors (Lipinski definition) is 1. The Morgan fingerprint density at radius 1 is 1.26 bits per heavy atom. The Hall–Kier alpha value is -1.58. The molecule has 4 nitrogen and oxygen atoms in total. The molecule has 0 fully saturated rings. The summed E-state index contributed by atoms with van der Waals surface area (Å²) in [5.74, 6) is 2.37. The maximum Gasteiger partial charge on any atom is 0.163 e. The van der Waals surface area contributed by atoms with Crippen LogP contribution in [0, 0.1) is 5.92 Å². The summed E-state index contributed by atoms with van der Waals surface area (Å²) < 4.78 is 11.3. The van der Waals surface area contributed by atoms with Gasteiger partial charge in [0.05, 0.1) is 11.4 Å². The minimum Gasteiger partial charge on any atom is -0.486 e. The summed E-state index contributed by atoms with van der Waals surface area (Å²) in [6.07, 6.45) is 0. The zero-order valence-electron chi connectivity index (χ0n) is 11.9. The zero-order chi connectivity index (χ0) is 13.4. The second-order valence-corrected chi connectivity index (χ2v) is 5.79. The number of nitrogens with zero attached hydrogens (tertiary/aromatic N) is 1. The van der Waals surface area contributed by atoms with Crippen LogP contribution >= 0.6 is 0 Å². The van der Waals surface area contributed by atoms with Gasteiger partial charge in [0.25, 0.3) is 0 Å². The van der Waals surface area contributed by atoms with Crippen LogP contribution in [0.4, 0.5) is 11.4 Å². The average molecular weight is 262 g/mol. The van der Waals surface area contributed by atoms with Crippen molar-refractivity contribution in [3.8, 4) is 11.5 Å². The Balaban J connectivity index is 1.99. The Morgan fingerprint density at radius 3 is 2.63 bits per heavy atom. The van der Waals surface area contributed by atoms with Crippen molar-refractivity contribution >= 4 is 11.4 Å². The molecule has 0 radical (unpaired) electrons. The van der Waals surface area contributed by atoms with Gasteiger partial charge in [0, 0.05) is 31.3 Å². The topological polar surface area (TPSA) is 33.7 Å². The lowest BCUT2D eigenvalue weighted by Crippen LogP contribution is -2.44. The molecule has 0 saturated carbocycles. The van der Waals surface area contributed by atoms with Gasteiger partial charge in [0.2, 0.25) is 0 Å². The lowest BCUT2D eigenvalue weighted by molar-refractivity contribution is 0.171. The van der Waals surface area contributed by atoms with E-state index in [1.54, 1.807) is 0 Å². The van der Waals surface area contributed by atoms with Crippen LogP contribution in [-0.2, 0) is 0 Å². The van der Waals surface area contributed by atoms with E-state index in [-0.39, 0.29) is 0 Å². The molecular weight excluding hydrogens is 240 g/mol. The van der Waals surface area contributed by atoms with Crippen molar-refractivity contribution in [2.75, 3.05) is 36.5 Å². The van der Waals surface area contributed by atoms with Crippen molar-refractivity contribution in [2.45, 2.75) is 26.8 Å². The molecule has 2 heterocycles. The van der Waals surface area contributed by atoms with Crippen molar-refractivity contribution in [2.24, 2.45) is 5.92 Å². The smallest absolute Gasteiger partial charge is 0.163 e. The first-order chi connectivity index (χ1) is 9.15. The monoisotopic (exact) mass is 262 g/mol. The molecule has 0 saturated heterocycles. The number of fused-ring (bicyclic) bond motifs is 2. The van der Waals surface area contributed by atoms with E-state index in [2.05, 4.69) is 43.1 Å². The quantitative estimate of drug-likeness (QED) is 0.888. The highest BCUT2D eigenvalue weighted by atomic mass is 16.6. The summed E-state index contributed by atoms with van der Waals surface area (Å²) in [6, 6.07) is 4.69. The predicted molar refractivity (Wildman–Crippen MR) is 77.6 cm³/mol. The molecule has 1 aromatic rings. The van der Waals surface area contributed by atoms with E-state index in [9.17, 15) is 0 Å². The number of ether oxygens (including phenoxy) is 2. The molecule has 1 N–H and O–H groups in total. The Bertz CT molecular complexity index is 473. The first-order valence-corrected chi connectivity index (χ1v) is 7.09. The number of anilines is 2. The lowest BCUT2D eigenvalue weighted by Gasteiger charge is -2.39. The molecular formula is C15H22N2O2. The maximum absolute atomic E-state index is 5.70. The highest BCUT2D eigenvalue weighted by molar-refractivity contribution is 5.77. The first-order valence-electron chi connectivity index (χ1n) is 7.09. The van der Waals surface area contributed by atoms with E-state index in [0.717, 1.165) is 30.3 Å². The van der Waals surface area contributed by atoms with E-state index in [4.69, 9.17) is 9.47 Å². The van der Waals surface area contributed by atoms with Crippen LogP contribution in [0.5, 0.6) is 11.5 Å². The number of nitrogens with one attached hydrogen (secondary N) is 1. The summed E-state index contributed by atoms with van der Waals surface area (Å²) >= 11 is 0. The summed E-state index contributed by atoms with van der Waals surface area (Å²) in [5.41, 5.74) is 2.39. The average Bonchev–Trinajstić information content (AvgIpc) is 2.40. The van der Waals surface area contributed by atoms with Crippen molar-refractivity contribution in [1.82, 2.24) is 0 Å². The standard InChI is InChI=1S/C15H22N2O2/c1-10(2)9-17-11(3)8-16-12-6-14-15(7-13(12)17)19-5-4-18-14/h6-7,10-11,16H,4-5,8-9H2,1-3H3. The lowest BCUT2D eigenvalue weighted by atomic mass is 10.1. The van der Waals surface area contributed by atoms with Gasteiger partial charge in [-0.15, -0.1) is 0 Å². The normalized spacial score (nSPS) is 21.1. The van der Waals surface area contributed by atoms with Gasteiger partial charge in [-0.1, -0.05) is 13.8 Å². The number of rotatable bonds is 2. The SMILES string of the molecule is CC(C)CN1c2cc3c(cc2NCC1C)OCCO3. The molecule has 2 aliphatic rings. The van der Waals surface area contributed by atoms with Gasteiger partial charge in [0.1, 0.15) is 13.2 Å². The molecule has 2 aliphatic heterocycles. The third kappa shape index (κ3) is 2.31. The van der Waals surface area contributed by atoms with Crippen LogP contribution in [0.1, 0.15) is 20.8 Å². The fourth-order valence-corrected chi connectivity index (χ4v) is 2.73. The zero-order valence-corrected chi connectivity index (χ0v) is 11.9. The summed E-state index contributed by atoms with van der Waals surface area (Å²) in [5, 5.41) is 3.49. The van der Waals surface area contributed by atoms with Gasteiger partial charge < -0.3 is 19.7 Å². The highest BCUT2D eigenvalue weighted by Gasteiger charge is 2.26. The van der Waals surface area contributed by atoms with Crippen LogP contribution in [0.3, 0.4) is 0 Å². The summed E-state index contributed by atoms with van der Waals surface area (Å²) in [6.45, 7) is 10.1. The molecule has 0 amide bonds. The minimum absolute atomic E-state index is 0.498. The number of benzene rings is 1. The molecule has 104 valence electrons. The van der Waals surface area contributed by atoms with Crippen molar-refractivity contribution in [3.05, 3.63) is 12.1 Å². The van der Waals surface area contributed by atoms with Crippen LogP contribution in [0.15, 0.2) is 12.1 Å². The maximum atomic E-state index is 5.70. The Kier molecular flexibility index (Phi) is 3.17.